The molecule has 1 aromatic heterocycles. The van der Waals surface area contributed by atoms with Crippen molar-refractivity contribution in [2.45, 2.75) is 36.6 Å². The number of nitrogens with zero attached hydrogens (tertiary/aromatic N) is 2. The molecule has 0 radical (unpaired) electrons. The van der Waals surface area contributed by atoms with Crippen molar-refractivity contribution in [1.29, 1.82) is 0 Å². The van der Waals surface area contributed by atoms with E-state index in [4.69, 9.17) is 9.94 Å². The number of carbonyl (C=O) groups excluding carboxylic acids is 1. The van der Waals surface area contributed by atoms with Gasteiger partial charge >= 0.3 is 0 Å². The number of hydrogen-bond acceptors (Lipinski definition) is 6. The molecule has 0 aliphatic carbocycles. The molecule has 0 spiro atoms. The average molecular weight is 457 g/mol. The summed E-state index contributed by atoms with van der Waals surface area (Å²) in [5.74, 6) is 0.379. The molecule has 3 aromatic rings. The van der Waals surface area contributed by atoms with Crippen LogP contribution in [0.4, 0.5) is 0 Å². The summed E-state index contributed by atoms with van der Waals surface area (Å²) < 4.78 is 33.4. The average Bonchev–Trinajstić information content (AvgIpc) is 3.23. The fourth-order valence-corrected chi connectivity index (χ4v) is 5.43. The van der Waals surface area contributed by atoms with Crippen molar-refractivity contribution in [2.75, 3.05) is 6.54 Å². The van der Waals surface area contributed by atoms with E-state index < -0.39 is 22.0 Å². The number of hydroxylamine groups is 1. The number of H-pyrrole nitrogens is 1. The number of rotatable bonds is 6. The van der Waals surface area contributed by atoms with Gasteiger partial charge < -0.3 is 9.72 Å². The zero-order valence-electron chi connectivity index (χ0n) is 17.3. The van der Waals surface area contributed by atoms with Gasteiger partial charge in [0.15, 0.2) is 0 Å². The lowest BCUT2D eigenvalue weighted by Crippen LogP contribution is -2.48. The van der Waals surface area contributed by atoms with Crippen LogP contribution in [-0.4, -0.2) is 46.4 Å². The molecule has 1 aliphatic heterocycles. The van der Waals surface area contributed by atoms with Crippen molar-refractivity contribution in [3.63, 3.8) is 0 Å². The molecule has 1 aliphatic rings. The molecule has 0 saturated carbocycles. The van der Waals surface area contributed by atoms with E-state index in [9.17, 15) is 13.2 Å². The van der Waals surface area contributed by atoms with Crippen molar-refractivity contribution in [1.82, 2.24) is 19.8 Å². The van der Waals surface area contributed by atoms with E-state index in [2.05, 4.69) is 9.97 Å². The Morgan fingerprint density at radius 2 is 1.75 bits per heavy atom. The highest BCUT2D eigenvalue weighted by Gasteiger charge is 2.36. The largest absolute Gasteiger partial charge is 0.457 e. The minimum absolute atomic E-state index is 0.0667. The lowest BCUT2D eigenvalue weighted by atomic mass is 10.1. The van der Waals surface area contributed by atoms with Crippen LogP contribution in [0.15, 0.2) is 66.0 Å². The summed E-state index contributed by atoms with van der Waals surface area (Å²) >= 11 is 0. The van der Waals surface area contributed by atoms with Crippen molar-refractivity contribution in [3.05, 3.63) is 61.1 Å². The number of sulfonamides is 1. The lowest BCUT2D eigenvalue weighted by molar-refractivity contribution is -0.133. The molecular weight excluding hydrogens is 432 g/mol. The van der Waals surface area contributed by atoms with Crippen molar-refractivity contribution in [3.8, 4) is 22.8 Å². The first-order valence-corrected chi connectivity index (χ1v) is 11.8. The zero-order valence-corrected chi connectivity index (χ0v) is 18.1. The van der Waals surface area contributed by atoms with Gasteiger partial charge in [-0.1, -0.05) is 12.8 Å². The van der Waals surface area contributed by atoms with Crippen LogP contribution in [0.1, 0.15) is 25.7 Å². The lowest BCUT2D eigenvalue weighted by Gasteiger charge is -2.27. The third-order valence-corrected chi connectivity index (χ3v) is 7.37. The number of benzene rings is 2. The second kappa shape index (κ2) is 9.51. The molecule has 2 aromatic carbocycles. The summed E-state index contributed by atoms with van der Waals surface area (Å²) in [5.41, 5.74) is 3.46. The SMILES string of the molecule is O=C(NO)C1CCCCCN1S(=O)(=O)c1ccc(Oc2ccc(-c3cnc[nH]3)cc2)cc1. The number of ether oxygens (including phenoxy) is 1. The molecule has 10 heteroatoms. The van der Waals surface area contributed by atoms with Gasteiger partial charge in [0.2, 0.25) is 10.0 Å². The van der Waals surface area contributed by atoms with E-state index in [-0.39, 0.29) is 11.4 Å². The Morgan fingerprint density at radius 3 is 2.38 bits per heavy atom. The number of amides is 1. The van der Waals surface area contributed by atoms with Gasteiger partial charge in [-0.25, -0.2) is 18.9 Å². The van der Waals surface area contributed by atoms with Gasteiger partial charge in [0.25, 0.3) is 5.91 Å². The first-order valence-electron chi connectivity index (χ1n) is 10.3. The van der Waals surface area contributed by atoms with Crippen LogP contribution in [-0.2, 0) is 14.8 Å². The van der Waals surface area contributed by atoms with Crippen LogP contribution in [0, 0.1) is 0 Å². The number of aromatic amines is 1. The predicted molar refractivity (Wildman–Crippen MR) is 117 cm³/mol. The summed E-state index contributed by atoms with van der Waals surface area (Å²) in [4.78, 5) is 19.2. The van der Waals surface area contributed by atoms with Crippen LogP contribution < -0.4 is 10.2 Å². The molecule has 9 nitrogen and oxygen atoms in total. The first-order chi connectivity index (χ1) is 15.5. The van der Waals surface area contributed by atoms with Crippen LogP contribution in [0.2, 0.25) is 0 Å². The second-order valence-corrected chi connectivity index (χ2v) is 9.41. The highest BCUT2D eigenvalue weighted by Crippen LogP contribution is 2.29. The van der Waals surface area contributed by atoms with E-state index in [0.717, 1.165) is 24.1 Å². The predicted octanol–water partition coefficient (Wildman–Crippen LogP) is 3.31. The summed E-state index contributed by atoms with van der Waals surface area (Å²) in [5, 5.41) is 9.04. The monoisotopic (exact) mass is 456 g/mol. The van der Waals surface area contributed by atoms with Crippen LogP contribution >= 0.6 is 0 Å². The van der Waals surface area contributed by atoms with Gasteiger partial charge in [0, 0.05) is 6.54 Å². The maximum atomic E-state index is 13.2. The normalized spacial score (nSPS) is 17.5. The third kappa shape index (κ3) is 4.67. The third-order valence-electron chi connectivity index (χ3n) is 5.45. The van der Waals surface area contributed by atoms with Gasteiger partial charge in [0.05, 0.1) is 23.1 Å². The van der Waals surface area contributed by atoms with Crippen molar-refractivity contribution >= 4 is 15.9 Å². The van der Waals surface area contributed by atoms with Gasteiger partial charge in [0.1, 0.15) is 17.5 Å². The summed E-state index contributed by atoms with van der Waals surface area (Å²) in [6.45, 7) is 0.224. The molecule has 0 bridgehead atoms. The minimum Gasteiger partial charge on any atom is -0.457 e. The molecule has 1 amide bonds. The Balaban J connectivity index is 1.50. The number of aromatic nitrogens is 2. The Kier molecular flexibility index (Phi) is 6.54. The molecule has 1 atom stereocenters. The van der Waals surface area contributed by atoms with Gasteiger partial charge in [-0.3, -0.25) is 10.0 Å². The van der Waals surface area contributed by atoms with Gasteiger partial charge in [-0.2, -0.15) is 4.31 Å². The van der Waals surface area contributed by atoms with Crippen molar-refractivity contribution < 1.29 is 23.2 Å². The highest BCUT2D eigenvalue weighted by atomic mass is 32.2. The molecule has 2 heterocycles. The molecule has 3 N–H and O–H groups in total. The Bertz CT molecular complexity index is 1150. The minimum atomic E-state index is -3.91. The van der Waals surface area contributed by atoms with Crippen LogP contribution in [0.3, 0.4) is 0 Å². The summed E-state index contributed by atoms with van der Waals surface area (Å²) in [7, 11) is -3.91. The number of nitrogens with one attached hydrogen (secondary N) is 2. The number of imidazole rings is 1. The molecular formula is C22H24N4O5S. The molecule has 1 unspecified atom stereocenters. The Labute approximate surface area is 186 Å². The highest BCUT2D eigenvalue weighted by molar-refractivity contribution is 7.89. The van der Waals surface area contributed by atoms with Crippen LogP contribution in [0.5, 0.6) is 11.5 Å². The summed E-state index contributed by atoms with van der Waals surface area (Å²) in [6.07, 6.45) is 5.91. The Morgan fingerprint density at radius 1 is 1.06 bits per heavy atom. The number of carbonyl (C=O) groups is 1. The van der Waals surface area contributed by atoms with E-state index in [1.807, 2.05) is 24.3 Å². The molecule has 32 heavy (non-hydrogen) atoms. The second-order valence-electron chi connectivity index (χ2n) is 7.52. The van der Waals surface area contributed by atoms with E-state index in [1.54, 1.807) is 30.1 Å². The van der Waals surface area contributed by atoms with Gasteiger partial charge in [-0.05, 0) is 66.9 Å². The van der Waals surface area contributed by atoms with E-state index >= 15 is 0 Å². The molecule has 1 saturated heterocycles. The quantitative estimate of drug-likeness (QED) is 0.386. The maximum absolute atomic E-state index is 13.2. The maximum Gasteiger partial charge on any atom is 0.261 e. The molecule has 168 valence electrons. The standard InChI is InChI=1S/C22H24N4O5S/c27-22(25-28)21-4-2-1-3-13-26(21)32(29,30)19-11-9-18(10-12-19)31-17-7-5-16(6-8-17)20-14-23-15-24-20/h5-12,14-15,21,28H,1-4,13H2,(H,23,24)(H,25,27). The van der Waals surface area contributed by atoms with Gasteiger partial charge in [-0.15, -0.1) is 0 Å². The number of hydrogen-bond donors (Lipinski definition) is 3. The molecule has 4 rings (SSSR count). The first kappa shape index (κ1) is 22.0. The van der Waals surface area contributed by atoms with Crippen molar-refractivity contribution in [2.24, 2.45) is 0 Å². The van der Waals surface area contributed by atoms with E-state index in [1.165, 1.54) is 16.4 Å². The fraction of sp³-hybridized carbons (Fsp3) is 0.273. The molecule has 1 fully saturated rings. The van der Waals surface area contributed by atoms with Crippen LogP contribution in [0.25, 0.3) is 11.3 Å². The smallest absolute Gasteiger partial charge is 0.261 e. The Hall–Kier alpha value is -3.21. The van der Waals surface area contributed by atoms with E-state index in [0.29, 0.717) is 24.3 Å². The topological polar surface area (TPSA) is 125 Å². The zero-order chi connectivity index (χ0) is 22.6. The summed E-state index contributed by atoms with van der Waals surface area (Å²) in [6, 6.07) is 12.6. The fourth-order valence-electron chi connectivity index (χ4n) is 3.77.